The third-order valence-electron chi connectivity index (χ3n) is 2.88. The Morgan fingerprint density at radius 2 is 2.08 bits per heavy atom. The van der Waals surface area contributed by atoms with E-state index >= 15 is 0 Å². The van der Waals surface area contributed by atoms with Gasteiger partial charge in [0.1, 0.15) is 0 Å². The smallest absolute Gasteiger partial charge is 0.416 e. The number of rotatable bonds is 6. The molecular formula is C14H13F3N2O4S2. The van der Waals surface area contributed by atoms with Crippen molar-refractivity contribution in [3.05, 3.63) is 40.9 Å². The predicted molar refractivity (Wildman–Crippen MR) is 84.7 cm³/mol. The summed E-state index contributed by atoms with van der Waals surface area (Å²) in [7, 11) is -4.24. The predicted octanol–water partition coefficient (Wildman–Crippen LogP) is 3.07. The number of carbonyl (C=O) groups excluding carboxylic acids is 1. The van der Waals surface area contributed by atoms with Crippen molar-refractivity contribution in [1.29, 1.82) is 0 Å². The zero-order valence-corrected chi connectivity index (χ0v) is 14.5. The Kier molecular flexibility index (Phi) is 5.68. The molecule has 0 saturated carbocycles. The maximum atomic E-state index is 12.7. The summed E-state index contributed by atoms with van der Waals surface area (Å²) < 4.78 is 69.4. The number of anilines is 1. The minimum Gasteiger partial charge on any atom is -0.466 e. The standard InChI is InChI=1S/C14H13F3N2O4S2/c1-2-23-12(20)7-10-8-24-13(18-10)19-25(21,22)11-5-3-4-9(6-11)14(15,16)17/h3-6,8H,2,7H2,1H3,(H,18,19). The lowest BCUT2D eigenvalue weighted by atomic mass is 10.2. The van der Waals surface area contributed by atoms with Crippen LogP contribution in [0.2, 0.25) is 0 Å². The molecule has 0 radical (unpaired) electrons. The number of ether oxygens (including phenoxy) is 1. The molecule has 0 spiro atoms. The van der Waals surface area contributed by atoms with Gasteiger partial charge >= 0.3 is 12.1 Å². The highest BCUT2D eigenvalue weighted by molar-refractivity contribution is 7.93. The number of benzene rings is 1. The van der Waals surface area contributed by atoms with Crippen molar-refractivity contribution in [2.75, 3.05) is 11.3 Å². The van der Waals surface area contributed by atoms with Gasteiger partial charge in [0.2, 0.25) is 0 Å². The highest BCUT2D eigenvalue weighted by Crippen LogP contribution is 2.31. The van der Waals surface area contributed by atoms with Crippen molar-refractivity contribution in [3.63, 3.8) is 0 Å². The largest absolute Gasteiger partial charge is 0.466 e. The van der Waals surface area contributed by atoms with Gasteiger partial charge in [-0.1, -0.05) is 6.07 Å². The minimum atomic E-state index is -4.65. The second kappa shape index (κ2) is 7.40. The number of hydrogen-bond acceptors (Lipinski definition) is 6. The monoisotopic (exact) mass is 394 g/mol. The van der Waals surface area contributed by atoms with E-state index in [2.05, 4.69) is 9.71 Å². The first kappa shape index (κ1) is 19.2. The number of aromatic nitrogens is 1. The Labute approximate surface area is 145 Å². The fourth-order valence-corrected chi connectivity index (χ4v) is 3.82. The van der Waals surface area contributed by atoms with E-state index in [1.165, 1.54) is 5.38 Å². The Morgan fingerprint density at radius 1 is 1.36 bits per heavy atom. The molecule has 1 N–H and O–H groups in total. The fourth-order valence-electron chi connectivity index (χ4n) is 1.81. The quantitative estimate of drug-likeness (QED) is 0.761. The van der Waals surface area contributed by atoms with Crippen LogP contribution in [-0.4, -0.2) is 26.0 Å². The van der Waals surface area contributed by atoms with E-state index in [1.54, 1.807) is 6.92 Å². The second-order valence-corrected chi connectivity index (χ2v) is 7.30. The van der Waals surface area contributed by atoms with Crippen LogP contribution >= 0.6 is 11.3 Å². The SMILES string of the molecule is CCOC(=O)Cc1csc(NS(=O)(=O)c2cccc(C(F)(F)F)c2)n1. The van der Waals surface area contributed by atoms with Crippen LogP contribution in [-0.2, 0) is 32.2 Å². The van der Waals surface area contributed by atoms with Crippen molar-refractivity contribution in [1.82, 2.24) is 4.98 Å². The van der Waals surface area contributed by atoms with Gasteiger partial charge in [-0.2, -0.15) is 13.2 Å². The highest BCUT2D eigenvalue weighted by Gasteiger charge is 2.31. The molecule has 0 aliphatic rings. The van der Waals surface area contributed by atoms with Crippen LogP contribution in [0.5, 0.6) is 0 Å². The van der Waals surface area contributed by atoms with Crippen molar-refractivity contribution in [2.24, 2.45) is 0 Å². The third-order valence-corrected chi connectivity index (χ3v) is 5.15. The number of halogens is 3. The molecule has 0 aliphatic heterocycles. The third kappa shape index (κ3) is 5.16. The first-order chi connectivity index (χ1) is 11.6. The number of nitrogens with zero attached hydrogens (tertiary/aromatic N) is 1. The van der Waals surface area contributed by atoms with Gasteiger partial charge in [0.05, 0.1) is 29.2 Å². The molecule has 6 nitrogen and oxygen atoms in total. The molecule has 0 aliphatic carbocycles. The van der Waals surface area contributed by atoms with E-state index in [-0.39, 0.29) is 18.2 Å². The molecular weight excluding hydrogens is 381 g/mol. The number of thiazole rings is 1. The first-order valence-corrected chi connectivity index (χ1v) is 9.28. The van der Waals surface area contributed by atoms with E-state index in [0.717, 1.165) is 29.5 Å². The average molecular weight is 394 g/mol. The van der Waals surface area contributed by atoms with Gasteiger partial charge in [-0.25, -0.2) is 13.4 Å². The molecule has 0 fully saturated rings. The van der Waals surface area contributed by atoms with Crippen molar-refractivity contribution < 1.29 is 31.1 Å². The number of hydrogen-bond donors (Lipinski definition) is 1. The molecule has 0 saturated heterocycles. The number of sulfonamides is 1. The highest BCUT2D eigenvalue weighted by atomic mass is 32.2. The van der Waals surface area contributed by atoms with Crippen LogP contribution in [0.3, 0.4) is 0 Å². The molecule has 2 aromatic rings. The number of nitrogens with one attached hydrogen (secondary N) is 1. The molecule has 136 valence electrons. The van der Waals surface area contributed by atoms with Gasteiger partial charge in [0.15, 0.2) is 5.13 Å². The lowest BCUT2D eigenvalue weighted by Gasteiger charge is -2.09. The van der Waals surface area contributed by atoms with Crippen LogP contribution < -0.4 is 4.72 Å². The summed E-state index contributed by atoms with van der Waals surface area (Å²) in [5.74, 6) is -0.514. The van der Waals surface area contributed by atoms with Gasteiger partial charge in [-0.05, 0) is 25.1 Å². The number of esters is 1. The average Bonchev–Trinajstić information content (AvgIpc) is 2.93. The van der Waals surface area contributed by atoms with E-state index in [0.29, 0.717) is 11.8 Å². The van der Waals surface area contributed by atoms with E-state index in [1.807, 2.05) is 0 Å². The van der Waals surface area contributed by atoms with Crippen molar-refractivity contribution >= 4 is 32.5 Å². The van der Waals surface area contributed by atoms with Gasteiger partial charge < -0.3 is 4.74 Å². The molecule has 1 heterocycles. The molecule has 0 bridgehead atoms. The molecule has 0 atom stereocenters. The summed E-state index contributed by atoms with van der Waals surface area (Å²) in [6, 6.07) is 3.37. The molecule has 11 heteroatoms. The van der Waals surface area contributed by atoms with Crippen LogP contribution in [0.15, 0.2) is 34.5 Å². The van der Waals surface area contributed by atoms with Gasteiger partial charge in [0.25, 0.3) is 10.0 Å². The van der Waals surface area contributed by atoms with Gasteiger partial charge in [-0.15, -0.1) is 11.3 Å². The number of carbonyl (C=O) groups is 1. The Balaban J connectivity index is 2.17. The normalized spacial score (nSPS) is 12.0. The lowest BCUT2D eigenvalue weighted by molar-refractivity contribution is -0.142. The van der Waals surface area contributed by atoms with Gasteiger partial charge in [0, 0.05) is 5.38 Å². The lowest BCUT2D eigenvalue weighted by Crippen LogP contribution is -2.14. The summed E-state index contributed by atoms with van der Waals surface area (Å²) >= 11 is 0.910. The van der Waals surface area contributed by atoms with Crippen molar-refractivity contribution in [2.45, 2.75) is 24.4 Å². The molecule has 1 aromatic heterocycles. The van der Waals surface area contributed by atoms with Crippen LogP contribution in [0.1, 0.15) is 18.2 Å². The second-order valence-electron chi connectivity index (χ2n) is 4.76. The Hall–Kier alpha value is -2.14. The molecule has 1 aromatic carbocycles. The van der Waals surface area contributed by atoms with E-state index in [9.17, 15) is 26.4 Å². The maximum absolute atomic E-state index is 12.7. The summed E-state index contributed by atoms with van der Waals surface area (Å²) in [5.41, 5.74) is -0.775. The van der Waals surface area contributed by atoms with Crippen LogP contribution in [0.4, 0.5) is 18.3 Å². The van der Waals surface area contributed by atoms with E-state index < -0.39 is 32.6 Å². The summed E-state index contributed by atoms with van der Waals surface area (Å²) in [5, 5.41) is 1.40. The molecule has 25 heavy (non-hydrogen) atoms. The fraction of sp³-hybridized carbons (Fsp3) is 0.286. The molecule has 2 rings (SSSR count). The summed E-state index contributed by atoms with van der Waals surface area (Å²) in [6.07, 6.45) is -4.78. The van der Waals surface area contributed by atoms with Crippen LogP contribution in [0, 0.1) is 0 Å². The van der Waals surface area contributed by atoms with Crippen molar-refractivity contribution in [3.8, 4) is 0 Å². The zero-order chi connectivity index (χ0) is 18.7. The Morgan fingerprint density at radius 3 is 2.72 bits per heavy atom. The van der Waals surface area contributed by atoms with Crippen LogP contribution in [0.25, 0.3) is 0 Å². The summed E-state index contributed by atoms with van der Waals surface area (Å²) in [6.45, 7) is 1.85. The number of alkyl halides is 3. The van der Waals surface area contributed by atoms with E-state index in [4.69, 9.17) is 4.74 Å². The van der Waals surface area contributed by atoms with Gasteiger partial charge in [-0.3, -0.25) is 9.52 Å². The zero-order valence-electron chi connectivity index (χ0n) is 12.8. The first-order valence-electron chi connectivity index (χ1n) is 6.92. The molecule has 0 unspecified atom stereocenters. The Bertz CT molecular complexity index is 863. The topological polar surface area (TPSA) is 85.4 Å². The molecule has 0 amide bonds. The maximum Gasteiger partial charge on any atom is 0.416 e. The minimum absolute atomic E-state index is 0.0586. The summed E-state index contributed by atoms with van der Waals surface area (Å²) in [4.78, 5) is 14.7.